The van der Waals surface area contributed by atoms with E-state index in [2.05, 4.69) is 5.32 Å². The highest BCUT2D eigenvalue weighted by molar-refractivity contribution is 5.92. The van der Waals surface area contributed by atoms with Gasteiger partial charge in [0.15, 0.2) is 18.0 Å². The number of anilines is 1. The molecule has 0 aliphatic carbocycles. The molecule has 2 N–H and O–H groups in total. The Morgan fingerprint density at radius 3 is 2.46 bits per heavy atom. The minimum absolute atomic E-state index is 0.0122. The van der Waals surface area contributed by atoms with Gasteiger partial charge in [0.05, 0.1) is 25.7 Å². The van der Waals surface area contributed by atoms with E-state index in [1.807, 2.05) is 12.1 Å². The van der Waals surface area contributed by atoms with Crippen LogP contribution in [0.15, 0.2) is 30.3 Å². The number of ether oxygens (including phenoxy) is 2. The molecule has 1 aliphatic heterocycles. The lowest BCUT2D eigenvalue weighted by Gasteiger charge is -2.26. The molecule has 0 fully saturated rings. The number of fused-ring (bicyclic) bond motifs is 1. The molecule has 148 valence electrons. The van der Waals surface area contributed by atoms with E-state index in [1.54, 1.807) is 27.2 Å². The van der Waals surface area contributed by atoms with E-state index >= 15 is 0 Å². The Morgan fingerprint density at radius 2 is 1.86 bits per heavy atom. The number of hydrogen-bond acceptors (Lipinski definition) is 5. The molecular formula is C20H24N3O5+. The van der Waals surface area contributed by atoms with Gasteiger partial charge in [-0.15, -0.1) is 0 Å². The number of amides is 1. The van der Waals surface area contributed by atoms with Crippen molar-refractivity contribution in [2.24, 2.45) is 0 Å². The number of methoxy groups -OCH3 is 2. The smallest absolute Gasteiger partial charge is 0.279 e. The molecule has 1 aliphatic rings. The van der Waals surface area contributed by atoms with Gasteiger partial charge in [-0.2, -0.15) is 0 Å². The second-order valence-electron chi connectivity index (χ2n) is 6.88. The number of benzene rings is 2. The maximum Gasteiger partial charge on any atom is 0.279 e. The highest BCUT2D eigenvalue weighted by atomic mass is 16.6. The van der Waals surface area contributed by atoms with Crippen LogP contribution < -0.4 is 19.7 Å². The van der Waals surface area contributed by atoms with Crippen molar-refractivity contribution in [3.05, 3.63) is 57.1 Å². The van der Waals surface area contributed by atoms with Gasteiger partial charge < -0.3 is 19.7 Å². The van der Waals surface area contributed by atoms with Gasteiger partial charge in [-0.3, -0.25) is 14.9 Å². The van der Waals surface area contributed by atoms with E-state index < -0.39 is 4.92 Å². The number of nitrogens with one attached hydrogen (secondary N) is 2. The summed E-state index contributed by atoms with van der Waals surface area (Å²) in [7, 11) is 3.23. The first-order valence-electron chi connectivity index (χ1n) is 9.03. The monoisotopic (exact) mass is 386 g/mol. The van der Waals surface area contributed by atoms with Crippen LogP contribution in [0.1, 0.15) is 16.7 Å². The number of aryl methyl sites for hydroxylation is 1. The molecule has 0 saturated heterocycles. The third-order valence-corrected chi connectivity index (χ3v) is 5.00. The molecule has 8 nitrogen and oxygen atoms in total. The molecule has 0 aromatic heterocycles. The molecule has 0 saturated carbocycles. The third-order valence-electron chi connectivity index (χ3n) is 5.00. The number of hydrogen-bond donors (Lipinski definition) is 2. The molecule has 28 heavy (non-hydrogen) atoms. The van der Waals surface area contributed by atoms with Crippen LogP contribution in [0, 0.1) is 17.0 Å². The Balaban J connectivity index is 1.65. The van der Waals surface area contributed by atoms with Crippen molar-refractivity contribution in [2.75, 3.05) is 32.6 Å². The molecule has 1 amide bonds. The molecule has 1 unspecified atom stereocenters. The Hall–Kier alpha value is -3.13. The van der Waals surface area contributed by atoms with Crippen LogP contribution in [0.25, 0.3) is 0 Å². The predicted molar refractivity (Wildman–Crippen MR) is 104 cm³/mol. The fourth-order valence-corrected chi connectivity index (χ4v) is 3.50. The van der Waals surface area contributed by atoms with Gasteiger partial charge >= 0.3 is 0 Å². The average Bonchev–Trinajstić information content (AvgIpc) is 2.68. The summed E-state index contributed by atoms with van der Waals surface area (Å²) >= 11 is 0. The van der Waals surface area contributed by atoms with Crippen LogP contribution in [0.2, 0.25) is 0 Å². The van der Waals surface area contributed by atoms with Gasteiger partial charge in [0, 0.05) is 29.8 Å². The predicted octanol–water partition coefficient (Wildman–Crippen LogP) is 1.50. The Morgan fingerprint density at radius 1 is 1.18 bits per heavy atom. The molecule has 0 radical (unpaired) electrons. The van der Waals surface area contributed by atoms with Gasteiger partial charge in [-0.1, -0.05) is 0 Å². The lowest BCUT2D eigenvalue weighted by atomic mass is 9.99. The highest BCUT2D eigenvalue weighted by Gasteiger charge is 2.24. The van der Waals surface area contributed by atoms with E-state index in [-0.39, 0.29) is 11.6 Å². The molecule has 8 heteroatoms. The number of rotatable bonds is 6. The Kier molecular flexibility index (Phi) is 5.79. The summed E-state index contributed by atoms with van der Waals surface area (Å²) in [5, 5.41) is 13.7. The zero-order valence-corrected chi connectivity index (χ0v) is 16.2. The van der Waals surface area contributed by atoms with E-state index in [0.717, 1.165) is 35.7 Å². The second kappa shape index (κ2) is 8.26. The van der Waals surface area contributed by atoms with Crippen molar-refractivity contribution in [2.45, 2.75) is 19.9 Å². The summed E-state index contributed by atoms with van der Waals surface area (Å²) < 4.78 is 10.7. The first-order chi connectivity index (χ1) is 13.4. The number of nitro groups is 1. The molecular weight excluding hydrogens is 362 g/mol. The lowest BCUT2D eigenvalue weighted by molar-refractivity contribution is -0.907. The number of carbonyl (C=O) groups is 1. The van der Waals surface area contributed by atoms with Crippen molar-refractivity contribution in [1.82, 2.24) is 0 Å². The summed E-state index contributed by atoms with van der Waals surface area (Å²) in [5.41, 5.74) is 3.64. The quantitative estimate of drug-likeness (QED) is 0.580. The van der Waals surface area contributed by atoms with Gasteiger partial charge in [0.1, 0.15) is 6.54 Å². The lowest BCUT2D eigenvalue weighted by Crippen LogP contribution is -3.12. The van der Waals surface area contributed by atoms with Crippen LogP contribution >= 0.6 is 0 Å². The van der Waals surface area contributed by atoms with E-state index in [4.69, 9.17) is 9.47 Å². The molecule has 3 rings (SSSR count). The van der Waals surface area contributed by atoms with Gasteiger partial charge in [0.2, 0.25) is 0 Å². The van der Waals surface area contributed by atoms with Crippen LogP contribution in [0.5, 0.6) is 11.5 Å². The number of carbonyl (C=O) groups excluding carboxylic acids is 1. The molecule has 0 bridgehead atoms. The van der Waals surface area contributed by atoms with E-state index in [1.165, 1.54) is 17.7 Å². The van der Waals surface area contributed by atoms with Crippen LogP contribution in [0.4, 0.5) is 11.4 Å². The number of quaternary nitrogens is 1. The number of nitro benzene ring substituents is 1. The van der Waals surface area contributed by atoms with E-state index in [0.29, 0.717) is 23.5 Å². The number of non-ortho nitro benzene ring substituents is 1. The van der Waals surface area contributed by atoms with Gasteiger partial charge in [-0.05, 0) is 36.2 Å². The van der Waals surface area contributed by atoms with Gasteiger partial charge in [0.25, 0.3) is 11.6 Å². The fraction of sp³-hybridized carbons (Fsp3) is 0.350. The summed E-state index contributed by atoms with van der Waals surface area (Å²) in [6.07, 6.45) is 0.856. The minimum atomic E-state index is -0.447. The summed E-state index contributed by atoms with van der Waals surface area (Å²) in [6, 6.07) is 8.41. The first kappa shape index (κ1) is 19.6. The first-order valence-corrected chi connectivity index (χ1v) is 9.03. The summed E-state index contributed by atoms with van der Waals surface area (Å²) in [4.78, 5) is 24.0. The zero-order chi connectivity index (χ0) is 20.3. The van der Waals surface area contributed by atoms with E-state index in [9.17, 15) is 14.9 Å². The normalized spacial score (nSPS) is 15.5. The topological polar surface area (TPSA) is 95.1 Å². The van der Waals surface area contributed by atoms with Crippen LogP contribution in [-0.4, -0.2) is 38.1 Å². The maximum atomic E-state index is 12.5. The third kappa shape index (κ3) is 4.23. The summed E-state index contributed by atoms with van der Waals surface area (Å²) in [5.74, 6) is 1.29. The van der Waals surface area contributed by atoms with Crippen LogP contribution in [-0.2, 0) is 17.8 Å². The molecule has 0 spiro atoms. The van der Waals surface area contributed by atoms with Crippen molar-refractivity contribution in [3.63, 3.8) is 0 Å². The van der Waals surface area contributed by atoms with Crippen molar-refractivity contribution in [1.29, 1.82) is 0 Å². The SMILES string of the molecule is COc1cc2c(cc1OC)C[NH+](CC(=O)Nc1ccc([N+](=O)[O-])cc1C)CC2. The molecule has 1 atom stereocenters. The van der Waals surface area contributed by atoms with Crippen LogP contribution in [0.3, 0.4) is 0 Å². The maximum absolute atomic E-state index is 12.5. The largest absolute Gasteiger partial charge is 0.493 e. The van der Waals surface area contributed by atoms with Crippen molar-refractivity contribution >= 4 is 17.3 Å². The number of nitrogens with zero attached hydrogens (tertiary/aromatic N) is 1. The summed E-state index contributed by atoms with van der Waals surface area (Å²) in [6.45, 7) is 3.63. The van der Waals surface area contributed by atoms with Crippen molar-refractivity contribution in [3.8, 4) is 11.5 Å². The Labute approximate surface area is 163 Å². The molecule has 2 aromatic carbocycles. The fourth-order valence-electron chi connectivity index (χ4n) is 3.50. The standard InChI is InChI=1S/C20H23N3O5/c1-13-8-16(23(25)26)4-5-17(13)21-20(24)12-22-7-6-14-9-18(27-2)19(28-3)10-15(14)11-22/h4-5,8-10H,6-7,11-12H2,1-3H3,(H,21,24)/p+1. The van der Waals surface area contributed by atoms with Gasteiger partial charge in [-0.25, -0.2) is 0 Å². The van der Waals surface area contributed by atoms with Crippen molar-refractivity contribution < 1.29 is 24.1 Å². The zero-order valence-electron chi connectivity index (χ0n) is 16.2. The molecule has 2 aromatic rings. The average molecular weight is 386 g/mol. The Bertz CT molecular complexity index is 913. The molecule has 1 heterocycles. The minimum Gasteiger partial charge on any atom is -0.493 e. The second-order valence-corrected chi connectivity index (χ2v) is 6.88. The highest BCUT2D eigenvalue weighted by Crippen LogP contribution is 2.31.